The third-order valence-corrected chi connectivity index (χ3v) is 5.56. The number of hydrogen-bond acceptors (Lipinski definition) is 3. The van der Waals surface area contributed by atoms with Gasteiger partial charge in [-0.05, 0) is 32.7 Å². The molecule has 0 amide bonds. The first-order chi connectivity index (χ1) is 14.6. The van der Waals surface area contributed by atoms with Crippen molar-refractivity contribution in [3.8, 4) is 0 Å². The minimum Gasteiger partial charge on any atom is -0.298 e. The number of ketones is 3. The number of rotatable bonds is 7. The molecule has 0 saturated heterocycles. The Hall–Kier alpha value is -3.59. The molecule has 0 aliphatic heterocycles. The maximum atomic E-state index is 13.5. The van der Waals surface area contributed by atoms with E-state index in [0.29, 0.717) is 0 Å². The van der Waals surface area contributed by atoms with Crippen LogP contribution in [0.4, 0.5) is 0 Å². The van der Waals surface area contributed by atoms with Gasteiger partial charge in [0.25, 0.3) is 0 Å². The maximum absolute atomic E-state index is 13.5. The number of carbonyl (C=O) groups excluding carboxylic acids is 3. The van der Waals surface area contributed by atoms with Crippen molar-refractivity contribution >= 4 is 38.9 Å². The molecule has 0 N–H and O–H groups in total. The molecule has 3 nitrogen and oxygen atoms in total. The zero-order valence-corrected chi connectivity index (χ0v) is 16.8. The van der Waals surface area contributed by atoms with Gasteiger partial charge in [-0.1, -0.05) is 91.9 Å². The van der Waals surface area contributed by atoms with Crippen LogP contribution >= 0.6 is 0 Å². The lowest BCUT2D eigenvalue weighted by molar-refractivity contribution is -0.138. The summed E-state index contributed by atoms with van der Waals surface area (Å²) in [5.74, 6) is -2.00. The Morgan fingerprint density at radius 1 is 0.633 bits per heavy atom. The first-order valence-electron chi connectivity index (χ1n) is 10.1. The molecule has 0 radical (unpaired) electrons. The fourth-order valence-electron chi connectivity index (χ4n) is 4.07. The van der Waals surface area contributed by atoms with E-state index in [9.17, 15) is 14.4 Å². The molecule has 0 heterocycles. The molecule has 4 rings (SSSR count). The molecule has 0 unspecified atom stereocenters. The van der Waals surface area contributed by atoms with Gasteiger partial charge in [-0.3, -0.25) is 14.4 Å². The van der Waals surface area contributed by atoms with Crippen molar-refractivity contribution in [1.82, 2.24) is 0 Å². The number of benzene rings is 4. The summed E-state index contributed by atoms with van der Waals surface area (Å²) in [7, 11) is 0. The van der Waals surface area contributed by atoms with Crippen LogP contribution in [-0.2, 0) is 14.4 Å². The molecular formula is C27H22O3. The molecular weight excluding hydrogens is 372 g/mol. The van der Waals surface area contributed by atoms with Crippen LogP contribution < -0.4 is 0 Å². The fraction of sp³-hybridized carbons (Fsp3) is 0.148. The third kappa shape index (κ3) is 3.67. The Balaban J connectivity index is 1.92. The van der Waals surface area contributed by atoms with Crippen molar-refractivity contribution in [1.29, 1.82) is 0 Å². The largest absolute Gasteiger partial charge is 0.298 e. The molecule has 0 atom stereocenters. The van der Waals surface area contributed by atoms with Crippen LogP contribution in [-0.4, -0.2) is 17.3 Å². The summed E-state index contributed by atoms with van der Waals surface area (Å²) in [6.07, 6.45) is -0.275. The van der Waals surface area contributed by atoms with Crippen LogP contribution in [0.15, 0.2) is 84.9 Å². The van der Waals surface area contributed by atoms with E-state index in [1.807, 2.05) is 84.9 Å². The average Bonchev–Trinajstić information content (AvgIpc) is 2.79. The Labute approximate surface area is 175 Å². The molecule has 0 saturated carbocycles. The minimum atomic E-state index is -0.629. The first-order valence-corrected chi connectivity index (χ1v) is 10.1. The van der Waals surface area contributed by atoms with E-state index in [2.05, 4.69) is 0 Å². The van der Waals surface area contributed by atoms with Gasteiger partial charge < -0.3 is 0 Å². The zero-order valence-electron chi connectivity index (χ0n) is 16.8. The van der Waals surface area contributed by atoms with Crippen molar-refractivity contribution in [3.05, 3.63) is 96.1 Å². The van der Waals surface area contributed by atoms with Crippen molar-refractivity contribution < 1.29 is 14.4 Å². The Kier molecular flexibility index (Phi) is 5.53. The highest BCUT2D eigenvalue weighted by Crippen LogP contribution is 2.36. The van der Waals surface area contributed by atoms with Crippen LogP contribution in [0, 0.1) is 0 Å². The molecule has 0 aromatic heterocycles. The topological polar surface area (TPSA) is 51.2 Å². The van der Waals surface area contributed by atoms with Crippen molar-refractivity contribution in [2.75, 3.05) is 0 Å². The van der Waals surface area contributed by atoms with Gasteiger partial charge in [-0.15, -0.1) is 0 Å². The van der Waals surface area contributed by atoms with E-state index in [1.54, 1.807) is 6.92 Å². The second-order valence-corrected chi connectivity index (χ2v) is 7.41. The Morgan fingerprint density at radius 2 is 1.10 bits per heavy atom. The van der Waals surface area contributed by atoms with Gasteiger partial charge in [0.05, 0.1) is 12.3 Å². The van der Waals surface area contributed by atoms with Crippen molar-refractivity contribution in [2.24, 2.45) is 0 Å². The maximum Gasteiger partial charge on any atom is 0.205 e. The second-order valence-electron chi connectivity index (χ2n) is 7.41. The summed E-state index contributed by atoms with van der Waals surface area (Å²) >= 11 is 0. The minimum absolute atomic E-state index is 0.110. The van der Waals surface area contributed by atoms with Gasteiger partial charge in [-0.2, -0.15) is 0 Å². The normalized spacial score (nSPS) is 11.1. The predicted octanol–water partition coefficient (Wildman–Crippen LogP) is 5.63. The highest BCUT2D eigenvalue weighted by atomic mass is 16.2. The van der Waals surface area contributed by atoms with E-state index < -0.39 is 17.5 Å². The lowest BCUT2D eigenvalue weighted by Gasteiger charge is -2.20. The van der Waals surface area contributed by atoms with Crippen LogP contribution in [0.3, 0.4) is 0 Å². The van der Waals surface area contributed by atoms with E-state index in [-0.39, 0.29) is 18.6 Å². The standard InChI is InChI=1S/C27H22O3/c1-2-24(28)25(29)17-26(30)27(22-15-7-11-18-9-3-5-13-20(18)22)23-16-8-12-19-10-4-6-14-21(19)23/h3-16,27H,2,17H2,1H3. The Morgan fingerprint density at radius 3 is 1.60 bits per heavy atom. The van der Waals surface area contributed by atoms with Crippen LogP contribution in [0.5, 0.6) is 0 Å². The molecule has 0 spiro atoms. The van der Waals surface area contributed by atoms with Crippen LogP contribution in [0.2, 0.25) is 0 Å². The SMILES string of the molecule is CCC(=O)C(=O)CC(=O)C(c1cccc2ccccc12)c1cccc2ccccc12. The highest BCUT2D eigenvalue weighted by molar-refractivity contribution is 6.40. The van der Waals surface area contributed by atoms with E-state index >= 15 is 0 Å². The van der Waals surface area contributed by atoms with Gasteiger partial charge in [-0.25, -0.2) is 0 Å². The molecule has 0 bridgehead atoms. The average molecular weight is 394 g/mol. The van der Waals surface area contributed by atoms with Gasteiger partial charge in [0, 0.05) is 6.42 Å². The van der Waals surface area contributed by atoms with Gasteiger partial charge in [0.15, 0.2) is 11.6 Å². The lowest BCUT2D eigenvalue weighted by atomic mass is 9.81. The fourth-order valence-corrected chi connectivity index (χ4v) is 4.07. The van der Waals surface area contributed by atoms with Gasteiger partial charge >= 0.3 is 0 Å². The predicted molar refractivity (Wildman–Crippen MR) is 120 cm³/mol. The number of fused-ring (bicyclic) bond motifs is 2. The van der Waals surface area contributed by atoms with Gasteiger partial charge in [0.1, 0.15) is 0 Å². The van der Waals surface area contributed by atoms with E-state index in [4.69, 9.17) is 0 Å². The molecule has 4 aromatic rings. The zero-order chi connectivity index (χ0) is 21.1. The Bertz CT molecular complexity index is 1180. The summed E-state index contributed by atoms with van der Waals surface area (Å²) in [6.45, 7) is 1.64. The smallest absolute Gasteiger partial charge is 0.205 e. The van der Waals surface area contributed by atoms with Crippen molar-refractivity contribution in [2.45, 2.75) is 25.7 Å². The van der Waals surface area contributed by atoms with Crippen LogP contribution in [0.1, 0.15) is 36.8 Å². The van der Waals surface area contributed by atoms with E-state index in [1.165, 1.54) is 0 Å². The molecule has 4 aromatic carbocycles. The quantitative estimate of drug-likeness (QED) is 0.301. The molecule has 3 heteroatoms. The lowest BCUT2D eigenvalue weighted by Crippen LogP contribution is -2.22. The molecule has 0 aliphatic rings. The molecule has 30 heavy (non-hydrogen) atoms. The molecule has 148 valence electrons. The summed E-state index contributed by atoms with van der Waals surface area (Å²) < 4.78 is 0. The van der Waals surface area contributed by atoms with Crippen LogP contribution in [0.25, 0.3) is 21.5 Å². The first kappa shape index (κ1) is 19.7. The monoisotopic (exact) mass is 394 g/mol. The number of carbonyl (C=O) groups is 3. The highest BCUT2D eigenvalue weighted by Gasteiger charge is 2.28. The molecule has 0 aliphatic carbocycles. The summed E-state index contributed by atoms with van der Waals surface area (Å²) in [6, 6.07) is 27.6. The number of hydrogen-bond donors (Lipinski definition) is 0. The van der Waals surface area contributed by atoms with Crippen molar-refractivity contribution in [3.63, 3.8) is 0 Å². The second kappa shape index (κ2) is 8.42. The molecule has 0 fully saturated rings. The number of Topliss-reactive ketones (excluding diaryl/α,β-unsaturated/α-hetero) is 3. The summed E-state index contributed by atoms with van der Waals surface area (Å²) in [5.41, 5.74) is 1.71. The summed E-state index contributed by atoms with van der Waals surface area (Å²) in [4.78, 5) is 37.7. The summed E-state index contributed by atoms with van der Waals surface area (Å²) in [5, 5.41) is 4.01. The van der Waals surface area contributed by atoms with Gasteiger partial charge in [0.2, 0.25) is 5.78 Å². The van der Waals surface area contributed by atoms with E-state index in [0.717, 1.165) is 32.7 Å². The third-order valence-electron chi connectivity index (χ3n) is 5.56.